The summed E-state index contributed by atoms with van der Waals surface area (Å²) < 4.78 is 23.0. The molecule has 9 nitrogen and oxygen atoms in total. The summed E-state index contributed by atoms with van der Waals surface area (Å²) in [5.41, 5.74) is 1.52. The highest BCUT2D eigenvalue weighted by atomic mass is 127. The number of nitro benzene ring substituents is 1. The molecule has 2 aromatic carbocycles. The van der Waals surface area contributed by atoms with Crippen molar-refractivity contribution in [2.24, 2.45) is 4.99 Å². The van der Waals surface area contributed by atoms with Crippen LogP contribution in [-0.2, 0) is 16.3 Å². The summed E-state index contributed by atoms with van der Waals surface area (Å²) in [7, 11) is -3.19. The molecule has 0 saturated carbocycles. The molecule has 2 aromatic rings. The molecular formula is C20H28IN5O4S. The molecule has 2 rings (SSSR count). The number of nitrogens with one attached hydrogen (secondary N) is 3. The number of para-hydroxylation sites is 2. The lowest BCUT2D eigenvalue weighted by molar-refractivity contribution is -0.384. The van der Waals surface area contributed by atoms with Gasteiger partial charge in [-0.05, 0) is 37.1 Å². The molecule has 0 aromatic heterocycles. The predicted octanol–water partition coefficient (Wildman–Crippen LogP) is 2.83. The van der Waals surface area contributed by atoms with E-state index in [1.54, 1.807) is 42.5 Å². The number of hydrogen-bond donors (Lipinski definition) is 3. The number of halogens is 1. The van der Waals surface area contributed by atoms with E-state index in [2.05, 4.69) is 20.9 Å². The van der Waals surface area contributed by atoms with Crippen molar-refractivity contribution in [1.29, 1.82) is 0 Å². The number of anilines is 1. The Hall–Kier alpha value is -2.41. The van der Waals surface area contributed by atoms with Crippen LogP contribution in [0.5, 0.6) is 0 Å². The van der Waals surface area contributed by atoms with Gasteiger partial charge in [0.2, 0.25) is 0 Å². The summed E-state index contributed by atoms with van der Waals surface area (Å²) in [5.74, 6) is 0.648. The number of sulfone groups is 1. The molecule has 0 bridgehead atoms. The molecule has 0 aliphatic rings. The summed E-state index contributed by atoms with van der Waals surface area (Å²) in [6.45, 7) is 4.22. The molecule has 0 aliphatic heterocycles. The molecule has 0 saturated heterocycles. The zero-order chi connectivity index (χ0) is 22.0. The second-order valence-electron chi connectivity index (χ2n) is 6.55. The number of nitro groups is 1. The van der Waals surface area contributed by atoms with Crippen molar-refractivity contribution in [2.75, 3.05) is 37.8 Å². The first kappa shape index (κ1) is 26.6. The SMILES string of the molecule is CCNC(=NCCc1ccc(S(C)(=O)=O)cc1)NCCNc1ccccc1[N+](=O)[O-].I. The van der Waals surface area contributed by atoms with Gasteiger partial charge in [-0.2, -0.15) is 0 Å². The molecule has 0 atom stereocenters. The first-order valence-corrected chi connectivity index (χ1v) is 11.5. The third kappa shape index (κ3) is 9.09. The molecule has 3 N–H and O–H groups in total. The van der Waals surface area contributed by atoms with Crippen molar-refractivity contribution < 1.29 is 13.3 Å². The second-order valence-corrected chi connectivity index (χ2v) is 8.57. The van der Waals surface area contributed by atoms with Crippen molar-refractivity contribution in [3.8, 4) is 0 Å². The highest BCUT2D eigenvalue weighted by Gasteiger charge is 2.11. The van der Waals surface area contributed by atoms with E-state index < -0.39 is 14.8 Å². The Bertz CT molecular complexity index is 981. The monoisotopic (exact) mass is 561 g/mol. The van der Waals surface area contributed by atoms with E-state index in [1.165, 1.54) is 12.3 Å². The van der Waals surface area contributed by atoms with Gasteiger partial charge < -0.3 is 16.0 Å². The Balaban J connectivity index is 0.00000480. The standard InChI is InChI=1S/C20H27N5O4S.HI/c1-3-21-20(23-13-12-16-8-10-17(11-9-16)30(2,28)29)24-15-14-22-18-6-4-5-7-19(18)25(26)27;/h4-11,22H,3,12-15H2,1-2H3,(H2,21,23,24);1H. The third-order valence-corrected chi connectivity index (χ3v) is 5.33. The van der Waals surface area contributed by atoms with E-state index in [4.69, 9.17) is 0 Å². The zero-order valence-corrected chi connectivity index (χ0v) is 20.6. The Morgan fingerprint density at radius 3 is 2.35 bits per heavy atom. The molecule has 0 spiro atoms. The summed E-state index contributed by atoms with van der Waals surface area (Å²) in [6, 6.07) is 13.3. The number of aliphatic imine (C=N–C) groups is 1. The number of benzene rings is 2. The topological polar surface area (TPSA) is 126 Å². The van der Waals surface area contributed by atoms with Crippen LogP contribution in [0.25, 0.3) is 0 Å². The van der Waals surface area contributed by atoms with E-state index in [0.717, 1.165) is 5.56 Å². The summed E-state index contributed by atoms with van der Waals surface area (Å²) in [6.07, 6.45) is 1.86. The van der Waals surface area contributed by atoms with Crippen LogP contribution in [-0.4, -0.2) is 51.7 Å². The van der Waals surface area contributed by atoms with Gasteiger partial charge in [0.05, 0.1) is 9.82 Å². The molecular weight excluding hydrogens is 533 g/mol. The average molecular weight is 561 g/mol. The van der Waals surface area contributed by atoms with Crippen LogP contribution in [0, 0.1) is 10.1 Å². The maximum absolute atomic E-state index is 11.5. The Morgan fingerprint density at radius 1 is 1.06 bits per heavy atom. The first-order chi connectivity index (χ1) is 14.3. The van der Waals surface area contributed by atoms with E-state index in [9.17, 15) is 18.5 Å². The van der Waals surface area contributed by atoms with Crippen LogP contribution in [0.4, 0.5) is 11.4 Å². The van der Waals surface area contributed by atoms with Crippen molar-refractivity contribution in [2.45, 2.75) is 18.2 Å². The number of nitrogens with zero attached hydrogens (tertiary/aromatic N) is 2. The number of guanidine groups is 1. The van der Waals surface area contributed by atoms with Crippen molar-refractivity contribution in [3.05, 3.63) is 64.2 Å². The van der Waals surface area contributed by atoms with Crippen LogP contribution in [0.15, 0.2) is 58.4 Å². The minimum absolute atomic E-state index is 0. The fourth-order valence-electron chi connectivity index (χ4n) is 2.70. The molecule has 0 unspecified atom stereocenters. The lowest BCUT2D eigenvalue weighted by Crippen LogP contribution is -2.39. The molecule has 170 valence electrons. The van der Waals surface area contributed by atoms with Crippen LogP contribution < -0.4 is 16.0 Å². The highest BCUT2D eigenvalue weighted by Crippen LogP contribution is 2.22. The molecule has 0 fully saturated rings. The van der Waals surface area contributed by atoms with E-state index in [1.807, 2.05) is 6.92 Å². The quantitative estimate of drug-likeness (QED) is 0.102. The van der Waals surface area contributed by atoms with Gasteiger partial charge in [-0.25, -0.2) is 8.42 Å². The molecule has 0 radical (unpaired) electrons. The zero-order valence-electron chi connectivity index (χ0n) is 17.5. The van der Waals surface area contributed by atoms with Gasteiger partial charge in [0, 0.05) is 38.5 Å². The van der Waals surface area contributed by atoms with Gasteiger partial charge in [-0.1, -0.05) is 24.3 Å². The van der Waals surface area contributed by atoms with Crippen molar-refractivity contribution in [3.63, 3.8) is 0 Å². The van der Waals surface area contributed by atoms with Gasteiger partial charge in [-0.15, -0.1) is 24.0 Å². The molecule has 31 heavy (non-hydrogen) atoms. The smallest absolute Gasteiger partial charge is 0.292 e. The van der Waals surface area contributed by atoms with Crippen LogP contribution in [0.1, 0.15) is 12.5 Å². The Morgan fingerprint density at radius 2 is 1.74 bits per heavy atom. The fraction of sp³-hybridized carbons (Fsp3) is 0.350. The third-order valence-electron chi connectivity index (χ3n) is 4.20. The normalized spacial score (nSPS) is 11.4. The van der Waals surface area contributed by atoms with E-state index >= 15 is 0 Å². The average Bonchev–Trinajstić information content (AvgIpc) is 2.71. The molecule has 11 heteroatoms. The summed E-state index contributed by atoms with van der Waals surface area (Å²) in [5, 5.41) is 20.4. The van der Waals surface area contributed by atoms with Crippen LogP contribution in [0.3, 0.4) is 0 Å². The number of hydrogen-bond acceptors (Lipinski definition) is 6. The van der Waals surface area contributed by atoms with Gasteiger partial charge >= 0.3 is 0 Å². The van der Waals surface area contributed by atoms with Crippen LogP contribution >= 0.6 is 24.0 Å². The fourth-order valence-corrected chi connectivity index (χ4v) is 3.33. The highest BCUT2D eigenvalue weighted by molar-refractivity contribution is 14.0. The Labute approximate surface area is 199 Å². The van der Waals surface area contributed by atoms with Gasteiger partial charge in [0.25, 0.3) is 5.69 Å². The molecule has 0 aliphatic carbocycles. The lowest BCUT2D eigenvalue weighted by atomic mass is 10.1. The van der Waals surface area contributed by atoms with Crippen molar-refractivity contribution in [1.82, 2.24) is 10.6 Å². The second kappa shape index (κ2) is 13.1. The lowest BCUT2D eigenvalue weighted by Gasteiger charge is -2.12. The Kier molecular flexibility index (Phi) is 11.3. The molecule has 0 heterocycles. The summed E-state index contributed by atoms with van der Waals surface area (Å²) in [4.78, 5) is 15.4. The van der Waals surface area contributed by atoms with Gasteiger partial charge in [0.15, 0.2) is 15.8 Å². The minimum Gasteiger partial charge on any atom is -0.378 e. The maximum atomic E-state index is 11.5. The van der Waals surface area contributed by atoms with Gasteiger partial charge in [0.1, 0.15) is 5.69 Å². The largest absolute Gasteiger partial charge is 0.378 e. The van der Waals surface area contributed by atoms with E-state index in [-0.39, 0.29) is 29.7 Å². The van der Waals surface area contributed by atoms with E-state index in [0.29, 0.717) is 49.1 Å². The van der Waals surface area contributed by atoms with Crippen LogP contribution in [0.2, 0.25) is 0 Å². The maximum Gasteiger partial charge on any atom is 0.292 e. The number of rotatable bonds is 10. The predicted molar refractivity (Wildman–Crippen MR) is 134 cm³/mol. The van der Waals surface area contributed by atoms with Gasteiger partial charge in [-0.3, -0.25) is 15.1 Å². The first-order valence-electron chi connectivity index (χ1n) is 9.59. The molecule has 0 amide bonds. The minimum atomic E-state index is -3.19. The summed E-state index contributed by atoms with van der Waals surface area (Å²) >= 11 is 0. The van der Waals surface area contributed by atoms with Crippen molar-refractivity contribution >= 4 is 51.1 Å².